The van der Waals surface area contributed by atoms with Crippen LogP contribution in [0.1, 0.15) is 5.56 Å². The molecule has 3 rings (SSSR count). The van der Waals surface area contributed by atoms with Crippen molar-refractivity contribution in [3.05, 3.63) is 69.7 Å². The van der Waals surface area contributed by atoms with Crippen molar-refractivity contribution in [1.29, 1.82) is 0 Å². The molecular weight excluding hydrogens is 345 g/mol. The number of halogens is 1. The minimum atomic E-state index is -1.50. The molecule has 0 saturated heterocycles. The Hall–Kier alpha value is -2.04. The van der Waals surface area contributed by atoms with Gasteiger partial charge in [-0.3, -0.25) is 10.2 Å². The third kappa shape index (κ3) is 4.28. The molecule has 0 aromatic heterocycles. The number of hydrogen-bond donors (Lipinski definition) is 2. The molecule has 6 nitrogen and oxygen atoms in total. The van der Waals surface area contributed by atoms with Crippen molar-refractivity contribution in [2.45, 2.75) is 0 Å². The maximum atomic E-state index is 10.5. The summed E-state index contributed by atoms with van der Waals surface area (Å²) >= 11 is 4.62. The first-order chi connectivity index (χ1) is 11.6. The van der Waals surface area contributed by atoms with Gasteiger partial charge in [0, 0.05) is 22.9 Å². The Balaban J connectivity index is 0.000000647. The van der Waals surface area contributed by atoms with Gasteiger partial charge < -0.3 is 0 Å². The van der Waals surface area contributed by atoms with E-state index in [4.69, 9.17) is 19.6 Å². The summed E-state index contributed by atoms with van der Waals surface area (Å²) in [6.07, 6.45) is 0. The molecule has 1 aliphatic heterocycles. The van der Waals surface area contributed by atoms with E-state index in [0.29, 0.717) is 16.6 Å². The quantitative estimate of drug-likeness (QED) is 0.737. The van der Waals surface area contributed by atoms with E-state index >= 15 is 0 Å². The van der Waals surface area contributed by atoms with Gasteiger partial charge in [-0.25, -0.2) is 10.1 Å². The Morgan fingerprint density at radius 1 is 1.25 bits per heavy atom. The number of benzene rings is 2. The Kier molecular flexibility index (Phi) is 6.65. The molecule has 0 fully saturated rings. The van der Waals surface area contributed by atoms with Crippen LogP contribution in [0.25, 0.3) is 5.70 Å². The van der Waals surface area contributed by atoms with Gasteiger partial charge in [0.25, 0.3) is 0 Å². The Morgan fingerprint density at radius 2 is 1.92 bits per heavy atom. The van der Waals surface area contributed by atoms with E-state index < -0.39 is 15.5 Å². The second kappa shape index (κ2) is 8.71. The number of fused-ring (bicyclic) bond motifs is 1. The van der Waals surface area contributed by atoms with Gasteiger partial charge in [0.05, 0.1) is 11.1 Å². The van der Waals surface area contributed by atoms with Gasteiger partial charge in [-0.1, -0.05) is 41.9 Å². The van der Waals surface area contributed by atoms with Crippen molar-refractivity contribution in [3.63, 3.8) is 0 Å². The maximum absolute atomic E-state index is 10.5. The molecule has 0 spiro atoms. The monoisotopic (exact) mass is 359 g/mol. The van der Waals surface area contributed by atoms with E-state index in [1.807, 2.05) is 42.5 Å². The van der Waals surface area contributed by atoms with Crippen molar-refractivity contribution in [2.75, 3.05) is 13.6 Å². The Bertz CT molecular complexity index is 872. The van der Waals surface area contributed by atoms with Gasteiger partial charge in [-0.15, -0.1) is 0 Å². The SMILES string of the molecule is CN=C1CN(O)C(c2ccccc2)=c2cc(Cl)ccc2=N1.[O]=[Al][OH]. The van der Waals surface area contributed by atoms with Gasteiger partial charge in [0.1, 0.15) is 12.4 Å². The summed E-state index contributed by atoms with van der Waals surface area (Å²) in [4.78, 5) is 8.60. The first kappa shape index (κ1) is 18.3. The van der Waals surface area contributed by atoms with Gasteiger partial charge >= 0.3 is 23.4 Å². The van der Waals surface area contributed by atoms with Crippen molar-refractivity contribution in [2.24, 2.45) is 9.98 Å². The summed E-state index contributed by atoms with van der Waals surface area (Å²) in [5.74, 6) is 0.562. The van der Waals surface area contributed by atoms with Crippen LogP contribution in [0, 0.1) is 0 Å². The standard InChI is InChI=1S/C16H14ClN3O.Al.H2O.O/c1-18-15-10-20(21)16(11-5-3-2-4-6-11)13-9-12(17)7-8-14(13)19-15;;;/h2-9,21H,10H2,1H3;;1H2;/q;+1;;/p-1. The van der Waals surface area contributed by atoms with Crippen LogP contribution in [0.3, 0.4) is 0 Å². The van der Waals surface area contributed by atoms with E-state index in [1.165, 1.54) is 5.06 Å². The normalized spacial score (nSPS) is 14.7. The van der Waals surface area contributed by atoms with Gasteiger partial charge in [0.15, 0.2) is 0 Å². The second-order valence-electron chi connectivity index (χ2n) is 4.79. The number of nitrogens with zero attached hydrogens (tertiary/aromatic N) is 3. The first-order valence-electron chi connectivity index (χ1n) is 7.04. The molecule has 0 aliphatic carbocycles. The van der Waals surface area contributed by atoms with Crippen molar-refractivity contribution < 1.29 is 13.2 Å². The minimum absolute atomic E-state index is 0.229. The molecule has 8 heteroatoms. The zero-order valence-corrected chi connectivity index (χ0v) is 14.8. The topological polar surface area (TPSA) is 85.5 Å². The van der Waals surface area contributed by atoms with Crippen LogP contribution in [0.4, 0.5) is 0 Å². The molecule has 0 saturated carbocycles. The predicted octanol–water partition coefficient (Wildman–Crippen LogP) is 0.793. The summed E-state index contributed by atoms with van der Waals surface area (Å²) in [6, 6.07) is 15.1. The van der Waals surface area contributed by atoms with Crippen molar-refractivity contribution in [3.8, 4) is 0 Å². The molecule has 0 bridgehead atoms. The third-order valence-corrected chi connectivity index (χ3v) is 3.55. The molecule has 1 aliphatic rings. The molecule has 0 unspecified atom stereocenters. The van der Waals surface area contributed by atoms with E-state index in [0.717, 1.165) is 16.1 Å². The second-order valence-corrected chi connectivity index (χ2v) is 5.44. The summed E-state index contributed by atoms with van der Waals surface area (Å²) in [5.41, 5.74) is 1.58. The van der Waals surface area contributed by atoms with E-state index in [9.17, 15) is 5.21 Å². The number of rotatable bonds is 1. The predicted molar refractivity (Wildman–Crippen MR) is 91.7 cm³/mol. The third-order valence-electron chi connectivity index (χ3n) is 3.32. The average molecular weight is 360 g/mol. The van der Waals surface area contributed by atoms with E-state index in [1.54, 1.807) is 13.1 Å². The molecule has 2 aromatic rings. The zero-order valence-electron chi connectivity index (χ0n) is 12.9. The van der Waals surface area contributed by atoms with Crippen LogP contribution in [-0.4, -0.2) is 49.3 Å². The van der Waals surface area contributed by atoms with Gasteiger partial charge in [-0.2, -0.15) is 0 Å². The van der Waals surface area contributed by atoms with E-state index in [-0.39, 0.29) is 6.54 Å². The molecule has 1 heterocycles. The van der Waals surface area contributed by atoms with Crippen LogP contribution in [-0.2, 0) is 3.80 Å². The van der Waals surface area contributed by atoms with Crippen LogP contribution < -0.4 is 10.6 Å². The van der Waals surface area contributed by atoms with Crippen molar-refractivity contribution in [1.82, 2.24) is 5.06 Å². The fraction of sp³-hybridized carbons (Fsp3) is 0.125. The summed E-state index contributed by atoms with van der Waals surface area (Å²) in [7, 11) is 1.66. The molecule has 2 aromatic carbocycles. The molecule has 24 heavy (non-hydrogen) atoms. The molecule has 2 N–H and O–H groups in total. The number of hydroxylamine groups is 2. The first-order valence-corrected chi connectivity index (χ1v) is 8.41. The average Bonchev–Trinajstić information content (AvgIpc) is 2.71. The van der Waals surface area contributed by atoms with E-state index in [2.05, 4.69) is 9.98 Å². The molecule has 0 radical (unpaired) electrons. The fourth-order valence-corrected chi connectivity index (χ4v) is 2.52. The summed E-state index contributed by atoms with van der Waals surface area (Å²) < 4.78 is 15.7. The summed E-state index contributed by atoms with van der Waals surface area (Å²) in [5, 5.41) is 13.8. The van der Waals surface area contributed by atoms with Gasteiger partial charge in [0.2, 0.25) is 0 Å². The van der Waals surface area contributed by atoms with Crippen LogP contribution in [0.15, 0.2) is 58.5 Å². The van der Waals surface area contributed by atoms with Crippen molar-refractivity contribution >= 4 is 38.6 Å². The fourth-order valence-electron chi connectivity index (χ4n) is 2.34. The molecule has 0 atom stereocenters. The van der Waals surface area contributed by atoms with Crippen LogP contribution in [0.2, 0.25) is 5.02 Å². The molecule has 122 valence electrons. The number of hydrogen-bond acceptors (Lipinski definition) is 4. The molecular formula is C16H15AlClN3O3. The van der Waals surface area contributed by atoms with Crippen LogP contribution in [0.5, 0.6) is 0 Å². The van der Waals surface area contributed by atoms with Crippen LogP contribution >= 0.6 is 11.6 Å². The number of aliphatic imine (C=N–C) groups is 1. The summed E-state index contributed by atoms with van der Waals surface area (Å²) in [6.45, 7) is 0.229. The Labute approximate surface area is 150 Å². The molecule has 0 amide bonds. The Morgan fingerprint density at radius 3 is 2.54 bits per heavy atom. The zero-order chi connectivity index (χ0) is 17.5. The number of amidine groups is 1. The van der Waals surface area contributed by atoms with Gasteiger partial charge in [-0.05, 0) is 18.2 Å².